The highest BCUT2D eigenvalue weighted by Gasteiger charge is 2.30. The van der Waals surface area contributed by atoms with E-state index < -0.39 is 16.0 Å². The summed E-state index contributed by atoms with van der Waals surface area (Å²) in [6, 6.07) is 13.0. The molecule has 0 amide bonds. The molecule has 1 aromatic heterocycles. The maximum absolute atomic E-state index is 13.2. The average Bonchev–Trinajstić information content (AvgIpc) is 2.88. The Balaban J connectivity index is 1.64. The van der Waals surface area contributed by atoms with Crippen molar-refractivity contribution in [2.45, 2.75) is 63.9 Å². The molecule has 1 aliphatic rings. The molecule has 0 saturated heterocycles. The van der Waals surface area contributed by atoms with Gasteiger partial charge in [-0.25, -0.2) is 22.9 Å². The molecule has 0 aliphatic heterocycles. The van der Waals surface area contributed by atoms with E-state index in [9.17, 15) is 23.4 Å². The number of aliphatic hydroxyl groups is 1. The summed E-state index contributed by atoms with van der Waals surface area (Å²) in [5, 5.41) is 22.3. The third-order valence-corrected chi connectivity index (χ3v) is 8.54. The predicted octanol–water partition coefficient (Wildman–Crippen LogP) is 4.41. The van der Waals surface area contributed by atoms with E-state index in [1.807, 2.05) is 32.0 Å². The molecule has 3 aromatic rings. The molecule has 2 aromatic carbocycles. The Bertz CT molecular complexity index is 1470. The van der Waals surface area contributed by atoms with Crippen LogP contribution in [0.3, 0.4) is 0 Å². The molecule has 1 aliphatic carbocycles. The van der Waals surface area contributed by atoms with Gasteiger partial charge in [0.2, 0.25) is 11.8 Å². The van der Waals surface area contributed by atoms with E-state index >= 15 is 0 Å². The van der Waals surface area contributed by atoms with Gasteiger partial charge in [-0.2, -0.15) is 4.98 Å². The summed E-state index contributed by atoms with van der Waals surface area (Å²) in [7, 11) is -4.20. The molecule has 0 spiro atoms. The first-order chi connectivity index (χ1) is 19.4. The molecule has 220 valence electrons. The van der Waals surface area contributed by atoms with E-state index in [0.29, 0.717) is 30.2 Å². The minimum absolute atomic E-state index is 0.0390. The first-order valence-electron chi connectivity index (χ1n) is 13.8. The Morgan fingerprint density at radius 2 is 1.76 bits per heavy atom. The topological polar surface area (TPSA) is 151 Å². The molecule has 1 heterocycles. The molecule has 4 N–H and O–H groups in total. The molecule has 1 fully saturated rings. The second kappa shape index (κ2) is 13.0. The van der Waals surface area contributed by atoms with E-state index in [1.165, 1.54) is 18.2 Å². The Kier molecular flexibility index (Phi) is 9.62. The second-order valence-corrected chi connectivity index (χ2v) is 12.8. The summed E-state index contributed by atoms with van der Waals surface area (Å²) in [6.07, 6.45) is 2.71. The lowest BCUT2D eigenvalue weighted by molar-refractivity contribution is 0.0696. The van der Waals surface area contributed by atoms with Gasteiger partial charge in [0.15, 0.2) is 0 Å². The molecular formula is C30H38N4O6S. The third kappa shape index (κ3) is 7.81. The molecule has 10 nitrogen and oxygen atoms in total. The van der Waals surface area contributed by atoms with Crippen LogP contribution in [0.5, 0.6) is 5.88 Å². The van der Waals surface area contributed by atoms with E-state index in [0.717, 1.165) is 42.0 Å². The van der Waals surface area contributed by atoms with Crippen LogP contribution >= 0.6 is 0 Å². The van der Waals surface area contributed by atoms with E-state index in [4.69, 9.17) is 4.74 Å². The van der Waals surface area contributed by atoms with Crippen molar-refractivity contribution in [3.63, 3.8) is 0 Å². The van der Waals surface area contributed by atoms with Crippen LogP contribution in [-0.2, 0) is 10.0 Å². The zero-order valence-corrected chi connectivity index (χ0v) is 24.6. The van der Waals surface area contributed by atoms with E-state index in [2.05, 4.69) is 33.9 Å². The van der Waals surface area contributed by atoms with Crippen molar-refractivity contribution in [1.29, 1.82) is 0 Å². The average molecular weight is 583 g/mol. The van der Waals surface area contributed by atoms with Crippen LogP contribution < -0.4 is 14.8 Å². The molecule has 0 radical (unpaired) electrons. The van der Waals surface area contributed by atoms with Gasteiger partial charge in [0.25, 0.3) is 10.0 Å². The van der Waals surface area contributed by atoms with Crippen molar-refractivity contribution in [2.24, 2.45) is 11.8 Å². The Morgan fingerprint density at radius 3 is 2.39 bits per heavy atom. The number of rotatable bonds is 13. The van der Waals surface area contributed by atoms with Gasteiger partial charge >= 0.3 is 5.97 Å². The Morgan fingerprint density at radius 1 is 1.07 bits per heavy atom. The van der Waals surface area contributed by atoms with Crippen LogP contribution in [0.2, 0.25) is 0 Å². The number of carbonyl (C=O) groups is 1. The largest absolute Gasteiger partial charge is 0.478 e. The van der Waals surface area contributed by atoms with Crippen LogP contribution in [0.4, 0.5) is 5.95 Å². The maximum Gasteiger partial charge on any atom is 0.335 e. The smallest absolute Gasteiger partial charge is 0.335 e. The van der Waals surface area contributed by atoms with Gasteiger partial charge in [0.05, 0.1) is 16.2 Å². The Hall–Kier alpha value is -3.54. The summed E-state index contributed by atoms with van der Waals surface area (Å²) >= 11 is 0. The standard InChI is InChI=1S/C30H38N4O6S/c1-18(2)11-24(31-23-12-21(13-23)16-35)17-40-27-15-26(28-19(3)7-5-8-20(28)4)32-30(33-27)34-41(38,39)25-10-6-9-22(14-25)29(36)37/h5-10,14-15,18,21,23-24,31,35H,11-13,16-17H2,1-4H3,(H,36,37)(H,32,33,34)/t21?,23?,24-/m1/s1. The summed E-state index contributed by atoms with van der Waals surface area (Å²) in [5.74, 6) is -0.443. The molecule has 0 bridgehead atoms. The second-order valence-electron chi connectivity index (χ2n) is 11.1. The van der Waals surface area contributed by atoms with Gasteiger partial charge in [-0.1, -0.05) is 38.1 Å². The fourth-order valence-electron chi connectivity index (χ4n) is 5.16. The van der Waals surface area contributed by atoms with Gasteiger partial charge in [-0.3, -0.25) is 0 Å². The normalized spacial score (nSPS) is 17.6. The quantitative estimate of drug-likeness (QED) is 0.230. The summed E-state index contributed by atoms with van der Waals surface area (Å²) in [5.41, 5.74) is 3.11. The monoisotopic (exact) mass is 582 g/mol. The zero-order chi connectivity index (χ0) is 29.7. The molecule has 11 heteroatoms. The van der Waals surface area contributed by atoms with Crippen LogP contribution in [0, 0.1) is 25.7 Å². The van der Waals surface area contributed by atoms with Crippen LogP contribution in [0.1, 0.15) is 54.6 Å². The highest BCUT2D eigenvalue weighted by molar-refractivity contribution is 7.92. The van der Waals surface area contributed by atoms with Gasteiger partial charge in [-0.05, 0) is 74.3 Å². The number of ether oxygens (including phenoxy) is 1. The first-order valence-corrected chi connectivity index (χ1v) is 15.2. The van der Waals surface area contributed by atoms with Crippen molar-refractivity contribution in [2.75, 3.05) is 17.9 Å². The van der Waals surface area contributed by atoms with Gasteiger partial charge in [0, 0.05) is 30.3 Å². The fourth-order valence-corrected chi connectivity index (χ4v) is 6.15. The highest BCUT2D eigenvalue weighted by Crippen LogP contribution is 2.30. The maximum atomic E-state index is 13.2. The van der Waals surface area contributed by atoms with Gasteiger partial charge in [0.1, 0.15) is 6.61 Å². The summed E-state index contributed by atoms with van der Waals surface area (Å²) in [6.45, 7) is 8.70. The number of benzene rings is 2. The number of anilines is 1. The van der Waals surface area contributed by atoms with Crippen molar-refractivity contribution in [3.8, 4) is 17.1 Å². The van der Waals surface area contributed by atoms with Crippen LogP contribution in [0.15, 0.2) is 53.4 Å². The lowest BCUT2D eigenvalue weighted by Gasteiger charge is -2.37. The lowest BCUT2D eigenvalue weighted by atomic mass is 9.80. The number of carboxylic acid groups (broad SMARTS) is 1. The molecule has 0 unspecified atom stereocenters. The lowest BCUT2D eigenvalue weighted by Crippen LogP contribution is -2.49. The number of carboxylic acids is 1. The molecule has 4 rings (SSSR count). The summed E-state index contributed by atoms with van der Waals surface area (Å²) in [4.78, 5) is 20.1. The van der Waals surface area contributed by atoms with Crippen molar-refractivity contribution >= 4 is 21.9 Å². The molecular weight excluding hydrogens is 544 g/mol. The number of hydrogen-bond acceptors (Lipinski definition) is 8. The fraction of sp³-hybridized carbons (Fsp3) is 0.433. The number of nitrogens with zero attached hydrogens (tertiary/aromatic N) is 2. The highest BCUT2D eigenvalue weighted by atomic mass is 32.2. The summed E-state index contributed by atoms with van der Waals surface area (Å²) < 4.78 is 35.0. The van der Waals surface area contributed by atoms with Gasteiger partial charge in [-0.15, -0.1) is 0 Å². The molecule has 1 atom stereocenters. The van der Waals surface area contributed by atoms with Gasteiger partial charge < -0.3 is 20.3 Å². The molecule has 41 heavy (non-hydrogen) atoms. The molecule has 1 saturated carbocycles. The number of aliphatic hydroxyl groups excluding tert-OH is 1. The number of sulfonamides is 1. The number of nitrogens with one attached hydrogen (secondary N) is 2. The first kappa shape index (κ1) is 30.4. The predicted molar refractivity (Wildman–Crippen MR) is 157 cm³/mol. The van der Waals surface area contributed by atoms with Crippen LogP contribution in [0.25, 0.3) is 11.3 Å². The number of aryl methyl sites for hydroxylation is 2. The van der Waals surface area contributed by atoms with Crippen LogP contribution in [-0.4, -0.2) is 59.9 Å². The number of aromatic carboxylic acids is 1. The minimum atomic E-state index is -4.20. The minimum Gasteiger partial charge on any atom is -0.478 e. The van der Waals surface area contributed by atoms with E-state index in [1.54, 1.807) is 6.07 Å². The SMILES string of the molecule is Cc1cccc(C)c1-c1cc(OC[C@@H](CC(C)C)NC2CC(CO)C2)nc(NS(=O)(=O)c2cccc(C(=O)O)c2)n1. The van der Waals surface area contributed by atoms with Crippen molar-refractivity contribution in [3.05, 3.63) is 65.2 Å². The van der Waals surface area contributed by atoms with Crippen molar-refractivity contribution in [1.82, 2.24) is 15.3 Å². The third-order valence-electron chi connectivity index (χ3n) is 7.21. The number of hydrogen-bond donors (Lipinski definition) is 4. The van der Waals surface area contributed by atoms with E-state index in [-0.39, 0.29) is 34.9 Å². The Labute approximate surface area is 241 Å². The number of aromatic nitrogens is 2. The zero-order valence-electron chi connectivity index (χ0n) is 23.8. The van der Waals surface area contributed by atoms with Crippen molar-refractivity contribution < 1.29 is 28.2 Å².